The van der Waals surface area contributed by atoms with E-state index in [1.807, 2.05) is 58.9 Å². The highest BCUT2D eigenvalue weighted by Gasteiger charge is 2.26. The molecule has 0 aliphatic rings. The highest BCUT2D eigenvalue weighted by Crippen LogP contribution is 2.14. The second-order valence-electron chi connectivity index (χ2n) is 8.51. The number of benzene rings is 2. The Hall–Kier alpha value is -2.22. The van der Waals surface area contributed by atoms with Crippen LogP contribution in [-0.2, 0) is 32.7 Å². The predicted octanol–water partition coefficient (Wildman–Crippen LogP) is 3.93. The van der Waals surface area contributed by atoms with Crippen molar-refractivity contribution in [2.75, 3.05) is 0 Å². The largest absolute Gasteiger partial charge is 0.374 e. The zero-order valence-corrected chi connectivity index (χ0v) is 19.8. The summed E-state index contributed by atoms with van der Waals surface area (Å²) in [6, 6.07) is 13.5. The molecular formula is C24H34N2O4S. The Morgan fingerprint density at radius 1 is 1.00 bits per heavy atom. The minimum absolute atomic E-state index is 0.140. The van der Waals surface area contributed by atoms with Crippen molar-refractivity contribution in [1.82, 2.24) is 10.0 Å². The highest BCUT2D eigenvalue weighted by atomic mass is 32.2. The Bertz CT molecular complexity index is 954. The molecular weight excluding hydrogens is 412 g/mol. The Balaban J connectivity index is 2.06. The molecule has 2 aromatic carbocycles. The topological polar surface area (TPSA) is 84.5 Å². The summed E-state index contributed by atoms with van der Waals surface area (Å²) in [6.07, 6.45) is 0.542. The van der Waals surface area contributed by atoms with E-state index in [-0.39, 0.29) is 22.8 Å². The first-order valence-electron chi connectivity index (χ1n) is 10.6. The van der Waals surface area contributed by atoms with E-state index in [0.29, 0.717) is 19.6 Å². The standard InChI is InChI=1S/C24H34N2O4S/c1-17(2)13-23(26-31(28,29)22-11-9-19(5)10-12-22)24(27)25-15-20-7-6-8-21(14-20)16-30-18(3)4/h6-12,14,17-18,23,26H,13,15-16H2,1-5H3,(H,25,27). The van der Waals surface area contributed by atoms with E-state index >= 15 is 0 Å². The molecule has 0 fully saturated rings. The van der Waals surface area contributed by atoms with Gasteiger partial charge in [-0.2, -0.15) is 4.72 Å². The summed E-state index contributed by atoms with van der Waals surface area (Å²) < 4.78 is 33.8. The van der Waals surface area contributed by atoms with Crippen molar-refractivity contribution in [3.63, 3.8) is 0 Å². The van der Waals surface area contributed by atoms with Crippen LogP contribution < -0.4 is 10.0 Å². The molecule has 6 nitrogen and oxygen atoms in total. The summed E-state index contributed by atoms with van der Waals surface area (Å²) >= 11 is 0. The molecule has 0 radical (unpaired) electrons. The Kier molecular flexibility index (Phi) is 9.22. The molecule has 31 heavy (non-hydrogen) atoms. The summed E-state index contributed by atoms with van der Waals surface area (Å²) in [5.41, 5.74) is 2.93. The number of sulfonamides is 1. The van der Waals surface area contributed by atoms with Crippen LogP contribution in [0.3, 0.4) is 0 Å². The van der Waals surface area contributed by atoms with Gasteiger partial charge in [-0.1, -0.05) is 55.8 Å². The maximum Gasteiger partial charge on any atom is 0.241 e. The van der Waals surface area contributed by atoms with Gasteiger partial charge in [0.15, 0.2) is 0 Å². The van der Waals surface area contributed by atoms with Crippen molar-refractivity contribution in [3.05, 3.63) is 65.2 Å². The molecule has 0 saturated heterocycles. The van der Waals surface area contributed by atoms with Gasteiger partial charge in [-0.25, -0.2) is 8.42 Å². The van der Waals surface area contributed by atoms with E-state index < -0.39 is 16.1 Å². The van der Waals surface area contributed by atoms with Gasteiger partial charge in [-0.15, -0.1) is 0 Å². The molecule has 1 amide bonds. The molecule has 0 heterocycles. The highest BCUT2D eigenvalue weighted by molar-refractivity contribution is 7.89. The van der Waals surface area contributed by atoms with Crippen LogP contribution >= 0.6 is 0 Å². The van der Waals surface area contributed by atoms with Crippen LogP contribution in [0, 0.1) is 12.8 Å². The normalized spacial score (nSPS) is 12.9. The molecule has 170 valence electrons. The number of carbonyl (C=O) groups is 1. The molecule has 0 saturated carbocycles. The number of carbonyl (C=O) groups excluding carboxylic acids is 1. The number of nitrogens with one attached hydrogen (secondary N) is 2. The van der Waals surface area contributed by atoms with Crippen LogP contribution in [0.5, 0.6) is 0 Å². The van der Waals surface area contributed by atoms with Crippen LogP contribution in [0.4, 0.5) is 0 Å². The third-order valence-electron chi connectivity index (χ3n) is 4.69. The first kappa shape index (κ1) is 25.0. The van der Waals surface area contributed by atoms with Gasteiger partial charge in [0.1, 0.15) is 6.04 Å². The predicted molar refractivity (Wildman–Crippen MR) is 123 cm³/mol. The van der Waals surface area contributed by atoms with E-state index in [9.17, 15) is 13.2 Å². The molecule has 0 aliphatic carbocycles. The maximum absolute atomic E-state index is 12.9. The third-order valence-corrected chi connectivity index (χ3v) is 6.18. The zero-order valence-electron chi connectivity index (χ0n) is 19.0. The number of hydrogen-bond acceptors (Lipinski definition) is 4. The second kappa shape index (κ2) is 11.4. The number of hydrogen-bond donors (Lipinski definition) is 2. The molecule has 1 unspecified atom stereocenters. The first-order valence-corrected chi connectivity index (χ1v) is 12.1. The zero-order chi connectivity index (χ0) is 23.0. The lowest BCUT2D eigenvalue weighted by Crippen LogP contribution is -2.47. The minimum Gasteiger partial charge on any atom is -0.374 e. The average molecular weight is 447 g/mol. The lowest BCUT2D eigenvalue weighted by atomic mass is 10.0. The first-order chi connectivity index (χ1) is 14.6. The average Bonchev–Trinajstić information content (AvgIpc) is 2.70. The Labute approximate surface area is 186 Å². The summed E-state index contributed by atoms with van der Waals surface area (Å²) in [7, 11) is -3.80. The summed E-state index contributed by atoms with van der Waals surface area (Å²) in [5, 5.41) is 2.87. The third kappa shape index (κ3) is 8.44. The van der Waals surface area contributed by atoms with E-state index in [1.54, 1.807) is 24.3 Å². The number of rotatable bonds is 11. The Morgan fingerprint density at radius 3 is 2.26 bits per heavy atom. The molecule has 1 atom stereocenters. The molecule has 2 N–H and O–H groups in total. The van der Waals surface area contributed by atoms with Crippen LogP contribution in [-0.4, -0.2) is 26.5 Å². The fourth-order valence-electron chi connectivity index (χ4n) is 3.06. The fourth-order valence-corrected chi connectivity index (χ4v) is 4.27. The SMILES string of the molecule is Cc1ccc(S(=O)(=O)NC(CC(C)C)C(=O)NCc2cccc(COC(C)C)c2)cc1. The van der Waals surface area contributed by atoms with Crippen molar-refractivity contribution in [2.45, 2.75) is 71.2 Å². The van der Waals surface area contributed by atoms with Crippen LogP contribution in [0.25, 0.3) is 0 Å². The molecule has 7 heteroatoms. The maximum atomic E-state index is 12.9. The second-order valence-corrected chi connectivity index (χ2v) is 10.2. The van der Waals surface area contributed by atoms with E-state index in [0.717, 1.165) is 16.7 Å². The monoisotopic (exact) mass is 446 g/mol. The van der Waals surface area contributed by atoms with Crippen LogP contribution in [0.15, 0.2) is 53.4 Å². The van der Waals surface area contributed by atoms with Gasteiger partial charge in [-0.3, -0.25) is 4.79 Å². The van der Waals surface area contributed by atoms with Crippen LogP contribution in [0.2, 0.25) is 0 Å². The van der Waals surface area contributed by atoms with Crippen molar-refractivity contribution >= 4 is 15.9 Å². The van der Waals surface area contributed by atoms with Crippen LogP contribution in [0.1, 0.15) is 50.8 Å². The van der Waals surface area contributed by atoms with E-state index in [2.05, 4.69) is 10.0 Å². The molecule has 0 bridgehead atoms. The quantitative estimate of drug-likeness (QED) is 0.548. The van der Waals surface area contributed by atoms with Gasteiger partial charge in [0.2, 0.25) is 15.9 Å². The van der Waals surface area contributed by atoms with Gasteiger partial charge in [0, 0.05) is 6.54 Å². The van der Waals surface area contributed by atoms with Gasteiger partial charge < -0.3 is 10.1 Å². The van der Waals surface area contributed by atoms with Gasteiger partial charge in [-0.05, 0) is 56.4 Å². The van der Waals surface area contributed by atoms with Gasteiger partial charge in [0.05, 0.1) is 17.6 Å². The minimum atomic E-state index is -3.80. The van der Waals surface area contributed by atoms with E-state index in [1.165, 1.54) is 0 Å². The Morgan fingerprint density at radius 2 is 1.65 bits per heavy atom. The lowest BCUT2D eigenvalue weighted by Gasteiger charge is -2.20. The van der Waals surface area contributed by atoms with Crippen molar-refractivity contribution in [1.29, 1.82) is 0 Å². The van der Waals surface area contributed by atoms with Gasteiger partial charge >= 0.3 is 0 Å². The summed E-state index contributed by atoms with van der Waals surface area (Å²) in [5.74, 6) is -0.193. The molecule has 2 aromatic rings. The number of aryl methyl sites for hydroxylation is 1. The molecule has 2 rings (SSSR count). The van der Waals surface area contributed by atoms with Crippen molar-refractivity contribution in [3.8, 4) is 0 Å². The molecule has 0 spiro atoms. The molecule has 0 aliphatic heterocycles. The smallest absolute Gasteiger partial charge is 0.241 e. The van der Waals surface area contributed by atoms with Gasteiger partial charge in [0.25, 0.3) is 0 Å². The molecule has 0 aromatic heterocycles. The summed E-state index contributed by atoms with van der Waals surface area (Å²) in [6.45, 7) is 10.6. The number of ether oxygens (including phenoxy) is 1. The number of amides is 1. The lowest BCUT2D eigenvalue weighted by molar-refractivity contribution is -0.123. The van der Waals surface area contributed by atoms with Crippen molar-refractivity contribution < 1.29 is 17.9 Å². The van der Waals surface area contributed by atoms with Crippen molar-refractivity contribution in [2.24, 2.45) is 5.92 Å². The van der Waals surface area contributed by atoms with E-state index in [4.69, 9.17) is 4.74 Å². The summed E-state index contributed by atoms with van der Waals surface area (Å²) in [4.78, 5) is 13.0. The fraction of sp³-hybridized carbons (Fsp3) is 0.458.